The Bertz CT molecular complexity index is 729. The Morgan fingerprint density at radius 2 is 1.39 bits per heavy atom. The molecule has 0 radical (unpaired) electrons. The Labute approximate surface area is 169 Å². The normalized spacial score (nSPS) is 16.2. The molecule has 148 valence electrons. The van der Waals surface area contributed by atoms with Crippen LogP contribution in [0.4, 0.5) is 0 Å². The van der Waals surface area contributed by atoms with Gasteiger partial charge in [0, 0.05) is 6.42 Å². The number of rotatable bonds is 10. The molecule has 28 heavy (non-hydrogen) atoms. The van der Waals surface area contributed by atoms with Crippen LogP contribution in [0.15, 0.2) is 84.0 Å². The summed E-state index contributed by atoms with van der Waals surface area (Å²) < 4.78 is 13.0. The lowest BCUT2D eigenvalue weighted by Crippen LogP contribution is -2.37. The summed E-state index contributed by atoms with van der Waals surface area (Å²) in [5, 5.41) is 0. The minimum Gasteiger partial charge on any atom is -0.346 e. The van der Waals surface area contributed by atoms with Gasteiger partial charge in [-0.15, -0.1) is 0 Å². The van der Waals surface area contributed by atoms with Gasteiger partial charge in [-0.2, -0.15) is 0 Å². The first kappa shape index (κ1) is 20.6. The molecular formula is C26H32O2. The number of allylic oxidation sites excluding steroid dienone is 3. The van der Waals surface area contributed by atoms with Crippen molar-refractivity contribution in [2.75, 3.05) is 13.2 Å². The van der Waals surface area contributed by atoms with Crippen LogP contribution in [0, 0.1) is 0 Å². The van der Waals surface area contributed by atoms with Crippen molar-refractivity contribution < 1.29 is 9.47 Å². The van der Waals surface area contributed by atoms with E-state index in [-0.39, 0.29) is 0 Å². The molecule has 1 aliphatic carbocycles. The zero-order valence-electron chi connectivity index (χ0n) is 17.2. The van der Waals surface area contributed by atoms with Crippen LogP contribution in [0.3, 0.4) is 0 Å². The highest BCUT2D eigenvalue weighted by Crippen LogP contribution is 2.41. The first-order valence-corrected chi connectivity index (χ1v) is 10.4. The third kappa shape index (κ3) is 5.43. The van der Waals surface area contributed by atoms with E-state index in [1.54, 1.807) is 0 Å². The Morgan fingerprint density at radius 3 is 1.89 bits per heavy atom. The van der Waals surface area contributed by atoms with Gasteiger partial charge in [0.25, 0.3) is 0 Å². The van der Waals surface area contributed by atoms with Crippen molar-refractivity contribution in [2.24, 2.45) is 0 Å². The molecule has 0 unspecified atom stereocenters. The molecule has 2 heteroatoms. The molecule has 0 atom stereocenters. The monoisotopic (exact) mass is 376 g/mol. The zero-order chi connectivity index (χ0) is 19.7. The third-order valence-corrected chi connectivity index (χ3v) is 5.50. The lowest BCUT2D eigenvalue weighted by molar-refractivity contribution is -0.210. The van der Waals surface area contributed by atoms with Crippen LogP contribution in [0.2, 0.25) is 0 Å². The lowest BCUT2D eigenvalue weighted by Gasteiger charge is -2.33. The summed E-state index contributed by atoms with van der Waals surface area (Å²) in [6.07, 6.45) is 8.98. The maximum absolute atomic E-state index is 6.50. The molecule has 0 amide bonds. The minimum atomic E-state index is -0.576. The van der Waals surface area contributed by atoms with Crippen LogP contribution in [-0.4, -0.2) is 19.0 Å². The number of ether oxygens (including phenoxy) is 2. The molecule has 2 aromatic carbocycles. The summed E-state index contributed by atoms with van der Waals surface area (Å²) in [7, 11) is 0. The third-order valence-electron chi connectivity index (χ3n) is 5.50. The highest BCUT2D eigenvalue weighted by molar-refractivity contribution is 5.29. The predicted molar refractivity (Wildman–Crippen MR) is 116 cm³/mol. The Hall–Kier alpha value is -2.16. The molecule has 2 nitrogen and oxygen atoms in total. The first-order chi connectivity index (χ1) is 13.7. The highest BCUT2D eigenvalue weighted by Gasteiger charge is 2.41. The molecule has 0 spiro atoms. The fraction of sp³-hybridized carbons (Fsp3) is 0.385. The summed E-state index contributed by atoms with van der Waals surface area (Å²) in [5.41, 5.74) is 5.33. The smallest absolute Gasteiger partial charge is 0.191 e. The van der Waals surface area contributed by atoms with E-state index in [9.17, 15) is 0 Å². The van der Waals surface area contributed by atoms with Crippen molar-refractivity contribution >= 4 is 0 Å². The van der Waals surface area contributed by atoms with E-state index < -0.39 is 5.79 Å². The van der Waals surface area contributed by atoms with Crippen molar-refractivity contribution in [3.05, 3.63) is 95.1 Å². The predicted octanol–water partition coefficient (Wildman–Crippen LogP) is 6.28. The van der Waals surface area contributed by atoms with Crippen molar-refractivity contribution in [3.8, 4) is 0 Å². The SMILES string of the molecule is CC=CCC1=C(C)CCC1(OCCc1ccccc1)OCCc1ccccc1. The van der Waals surface area contributed by atoms with Gasteiger partial charge in [-0.3, -0.25) is 0 Å². The van der Waals surface area contributed by atoms with Gasteiger partial charge in [0.05, 0.1) is 13.2 Å². The van der Waals surface area contributed by atoms with E-state index >= 15 is 0 Å². The molecule has 1 aliphatic rings. The van der Waals surface area contributed by atoms with Crippen LogP contribution in [0.1, 0.15) is 44.2 Å². The van der Waals surface area contributed by atoms with Gasteiger partial charge in [0.15, 0.2) is 5.79 Å². The van der Waals surface area contributed by atoms with Gasteiger partial charge >= 0.3 is 0 Å². The Kier molecular flexibility index (Phi) is 7.64. The van der Waals surface area contributed by atoms with E-state index in [4.69, 9.17) is 9.47 Å². The molecule has 0 aliphatic heterocycles. The van der Waals surface area contributed by atoms with Crippen molar-refractivity contribution in [1.82, 2.24) is 0 Å². The summed E-state index contributed by atoms with van der Waals surface area (Å²) in [6, 6.07) is 21.1. The second-order valence-electron chi connectivity index (χ2n) is 7.45. The highest BCUT2D eigenvalue weighted by atomic mass is 16.7. The number of hydrogen-bond acceptors (Lipinski definition) is 2. The molecule has 0 heterocycles. The molecule has 0 saturated carbocycles. The Morgan fingerprint density at radius 1 is 0.857 bits per heavy atom. The molecule has 3 rings (SSSR count). The minimum absolute atomic E-state index is 0.576. The second kappa shape index (κ2) is 10.4. The fourth-order valence-electron chi connectivity index (χ4n) is 3.86. The second-order valence-corrected chi connectivity index (χ2v) is 7.45. The molecule has 0 saturated heterocycles. The van der Waals surface area contributed by atoms with Gasteiger partial charge in [0.1, 0.15) is 0 Å². The van der Waals surface area contributed by atoms with Gasteiger partial charge < -0.3 is 9.47 Å². The summed E-state index contributed by atoms with van der Waals surface area (Å²) in [4.78, 5) is 0. The summed E-state index contributed by atoms with van der Waals surface area (Å²) in [5.74, 6) is -0.576. The zero-order valence-corrected chi connectivity index (χ0v) is 17.2. The summed E-state index contributed by atoms with van der Waals surface area (Å²) >= 11 is 0. The van der Waals surface area contributed by atoms with Crippen LogP contribution in [0.5, 0.6) is 0 Å². The molecule has 0 fully saturated rings. The van der Waals surface area contributed by atoms with Crippen molar-refractivity contribution in [2.45, 2.75) is 51.7 Å². The van der Waals surface area contributed by atoms with Gasteiger partial charge in [-0.05, 0) is 56.2 Å². The van der Waals surface area contributed by atoms with Crippen LogP contribution < -0.4 is 0 Å². The Balaban J connectivity index is 1.68. The van der Waals surface area contributed by atoms with Gasteiger partial charge in [-0.1, -0.05) is 78.4 Å². The molecule has 0 aromatic heterocycles. The van der Waals surface area contributed by atoms with E-state index in [2.05, 4.69) is 86.7 Å². The largest absolute Gasteiger partial charge is 0.346 e. The number of benzene rings is 2. The maximum Gasteiger partial charge on any atom is 0.191 e. The van der Waals surface area contributed by atoms with Gasteiger partial charge in [-0.25, -0.2) is 0 Å². The van der Waals surface area contributed by atoms with Crippen LogP contribution in [-0.2, 0) is 22.3 Å². The van der Waals surface area contributed by atoms with E-state index in [1.807, 2.05) is 0 Å². The topological polar surface area (TPSA) is 18.5 Å². The maximum atomic E-state index is 6.50. The molecule has 0 N–H and O–H groups in total. The van der Waals surface area contributed by atoms with Crippen molar-refractivity contribution in [1.29, 1.82) is 0 Å². The van der Waals surface area contributed by atoms with E-state index in [1.165, 1.54) is 22.3 Å². The van der Waals surface area contributed by atoms with Crippen molar-refractivity contribution in [3.63, 3.8) is 0 Å². The average molecular weight is 377 g/mol. The molecular weight excluding hydrogens is 344 g/mol. The number of hydrogen-bond donors (Lipinski definition) is 0. The van der Waals surface area contributed by atoms with Crippen LogP contribution in [0.25, 0.3) is 0 Å². The standard InChI is InChI=1S/C26H32O2/c1-3-4-15-25-22(2)16-19-26(25,27-20-17-23-11-7-5-8-12-23)28-21-18-24-13-9-6-10-14-24/h3-14H,15-21H2,1-2H3. The lowest BCUT2D eigenvalue weighted by atomic mass is 10.0. The van der Waals surface area contributed by atoms with E-state index in [0.717, 1.165) is 32.1 Å². The molecule has 2 aromatic rings. The van der Waals surface area contributed by atoms with E-state index in [0.29, 0.717) is 13.2 Å². The molecule has 0 bridgehead atoms. The summed E-state index contributed by atoms with van der Waals surface area (Å²) in [6.45, 7) is 5.63. The van der Waals surface area contributed by atoms with Gasteiger partial charge in [0.2, 0.25) is 0 Å². The first-order valence-electron chi connectivity index (χ1n) is 10.4. The quantitative estimate of drug-likeness (QED) is 0.359. The fourth-order valence-corrected chi connectivity index (χ4v) is 3.86. The average Bonchev–Trinajstić information content (AvgIpc) is 3.03. The van der Waals surface area contributed by atoms with Crippen LogP contribution >= 0.6 is 0 Å².